The van der Waals surface area contributed by atoms with E-state index in [2.05, 4.69) is 5.32 Å². The highest BCUT2D eigenvalue weighted by Gasteiger charge is 2.22. The number of benzene rings is 3. The van der Waals surface area contributed by atoms with Crippen LogP contribution in [0, 0.1) is 0 Å². The number of thiophene rings is 1. The van der Waals surface area contributed by atoms with Gasteiger partial charge < -0.3 is 20.1 Å². The van der Waals surface area contributed by atoms with Crippen LogP contribution in [0.4, 0.5) is 0 Å². The van der Waals surface area contributed by atoms with E-state index >= 15 is 0 Å². The molecule has 1 aromatic heterocycles. The molecule has 0 aliphatic heterocycles. The molecule has 0 radical (unpaired) electrons. The second-order valence-electron chi connectivity index (χ2n) is 9.12. The average Bonchev–Trinajstić information content (AvgIpc) is 3.50. The van der Waals surface area contributed by atoms with Crippen molar-refractivity contribution in [3.05, 3.63) is 112 Å². The van der Waals surface area contributed by atoms with E-state index in [1.165, 1.54) is 0 Å². The molecule has 1 heterocycles. The van der Waals surface area contributed by atoms with Gasteiger partial charge in [-0.3, -0.25) is 14.4 Å². The Morgan fingerprint density at radius 2 is 1.60 bits per heavy atom. The van der Waals surface area contributed by atoms with Crippen LogP contribution < -0.4 is 10.1 Å². The molecule has 2 amide bonds. The minimum Gasteiger partial charge on any atom is -0.494 e. The number of rotatable bonds is 13. The second kappa shape index (κ2) is 14.1. The molecule has 0 saturated heterocycles. The smallest absolute Gasteiger partial charge is 0.305 e. The topological polar surface area (TPSA) is 95.9 Å². The van der Waals surface area contributed by atoms with Gasteiger partial charge in [-0.15, -0.1) is 11.3 Å². The molecular weight excluding hydrogens is 524 g/mol. The third kappa shape index (κ3) is 7.57. The van der Waals surface area contributed by atoms with Gasteiger partial charge in [0.05, 0.1) is 19.6 Å². The fourth-order valence-corrected chi connectivity index (χ4v) is 5.08. The first-order chi connectivity index (χ1) is 19.5. The molecule has 2 N–H and O–H groups in total. The van der Waals surface area contributed by atoms with Crippen molar-refractivity contribution in [3.63, 3.8) is 0 Å². The number of carbonyl (C=O) groups excluding carboxylic acids is 2. The number of carbonyl (C=O) groups is 3. The standard InChI is InChI=1S/C32H32N2O5S/c1-2-39-24-10-7-9-23(21-24)16-18-34(19-17-30(35)36)32(38)29-15-6-4-13-27(29)26-12-3-5-14-28(26)31(37)33-22-25-11-8-20-40-25/h3-15,20-21H,2,16-19,22H2,1H3,(H,33,37)(H,35,36). The molecule has 7 nitrogen and oxygen atoms in total. The van der Waals surface area contributed by atoms with E-state index in [0.717, 1.165) is 16.2 Å². The summed E-state index contributed by atoms with van der Waals surface area (Å²) in [5.41, 5.74) is 3.12. The van der Waals surface area contributed by atoms with Crippen molar-refractivity contribution in [1.29, 1.82) is 0 Å². The van der Waals surface area contributed by atoms with Crippen molar-refractivity contribution in [1.82, 2.24) is 10.2 Å². The van der Waals surface area contributed by atoms with Gasteiger partial charge in [0.25, 0.3) is 11.8 Å². The van der Waals surface area contributed by atoms with Crippen molar-refractivity contribution in [2.75, 3.05) is 19.7 Å². The largest absolute Gasteiger partial charge is 0.494 e. The van der Waals surface area contributed by atoms with Gasteiger partial charge in [-0.1, -0.05) is 54.6 Å². The Morgan fingerprint density at radius 1 is 0.875 bits per heavy atom. The molecule has 206 valence electrons. The quantitative estimate of drug-likeness (QED) is 0.214. The lowest BCUT2D eigenvalue weighted by atomic mass is 9.94. The van der Waals surface area contributed by atoms with Crippen LogP contribution in [0.1, 0.15) is 44.5 Å². The van der Waals surface area contributed by atoms with Gasteiger partial charge in [0.15, 0.2) is 0 Å². The third-order valence-electron chi connectivity index (χ3n) is 6.39. The lowest BCUT2D eigenvalue weighted by Crippen LogP contribution is -2.35. The highest BCUT2D eigenvalue weighted by atomic mass is 32.1. The summed E-state index contributed by atoms with van der Waals surface area (Å²) >= 11 is 1.57. The van der Waals surface area contributed by atoms with Gasteiger partial charge in [-0.05, 0) is 65.7 Å². The van der Waals surface area contributed by atoms with E-state index in [1.54, 1.807) is 40.5 Å². The molecule has 40 heavy (non-hydrogen) atoms. The van der Waals surface area contributed by atoms with Crippen LogP contribution in [0.2, 0.25) is 0 Å². The number of nitrogens with one attached hydrogen (secondary N) is 1. The van der Waals surface area contributed by atoms with E-state index in [1.807, 2.05) is 73.0 Å². The third-order valence-corrected chi connectivity index (χ3v) is 7.26. The minimum absolute atomic E-state index is 0.0661. The predicted octanol–water partition coefficient (Wildman–Crippen LogP) is 5.90. The summed E-state index contributed by atoms with van der Waals surface area (Å²) in [6.45, 7) is 3.29. The molecular formula is C32H32N2O5S. The molecule has 0 aliphatic rings. The van der Waals surface area contributed by atoms with Crippen molar-refractivity contribution < 1.29 is 24.2 Å². The average molecular weight is 557 g/mol. The zero-order chi connectivity index (χ0) is 28.3. The Hall–Kier alpha value is -4.43. The first-order valence-electron chi connectivity index (χ1n) is 13.2. The molecule has 8 heteroatoms. The molecule has 4 aromatic rings. The molecule has 0 fully saturated rings. The molecule has 0 bridgehead atoms. The van der Waals surface area contributed by atoms with Crippen molar-refractivity contribution >= 4 is 29.1 Å². The highest BCUT2D eigenvalue weighted by molar-refractivity contribution is 7.09. The highest BCUT2D eigenvalue weighted by Crippen LogP contribution is 2.29. The number of amides is 2. The maximum atomic E-state index is 13.9. The summed E-state index contributed by atoms with van der Waals surface area (Å²) in [7, 11) is 0. The first kappa shape index (κ1) is 28.6. The Kier molecular flexibility index (Phi) is 10.1. The van der Waals surface area contributed by atoms with Crippen LogP contribution in [0.25, 0.3) is 11.1 Å². The Morgan fingerprint density at radius 3 is 2.30 bits per heavy atom. The number of carboxylic acids is 1. The SMILES string of the molecule is CCOc1cccc(CCN(CCC(=O)O)C(=O)c2ccccc2-c2ccccc2C(=O)NCc2cccs2)c1. The monoisotopic (exact) mass is 556 g/mol. The summed E-state index contributed by atoms with van der Waals surface area (Å²) in [4.78, 5) is 41.1. The van der Waals surface area contributed by atoms with E-state index < -0.39 is 5.97 Å². The lowest BCUT2D eigenvalue weighted by Gasteiger charge is -2.24. The Balaban J connectivity index is 1.60. The van der Waals surface area contributed by atoms with Crippen LogP contribution in [-0.4, -0.2) is 47.5 Å². The number of nitrogens with zero attached hydrogens (tertiary/aromatic N) is 1. The van der Waals surface area contributed by atoms with Gasteiger partial charge in [0, 0.05) is 29.1 Å². The predicted molar refractivity (Wildman–Crippen MR) is 157 cm³/mol. The Bertz CT molecular complexity index is 1450. The lowest BCUT2D eigenvalue weighted by molar-refractivity contribution is -0.137. The minimum atomic E-state index is -0.975. The Labute approximate surface area is 238 Å². The second-order valence-corrected chi connectivity index (χ2v) is 10.2. The molecule has 3 aromatic carbocycles. The molecule has 0 unspecified atom stereocenters. The summed E-state index contributed by atoms with van der Waals surface area (Å²) in [5, 5.41) is 14.3. The van der Waals surface area contributed by atoms with Gasteiger partial charge >= 0.3 is 5.97 Å². The normalized spacial score (nSPS) is 10.6. The number of hydrogen-bond acceptors (Lipinski definition) is 5. The van der Waals surface area contributed by atoms with E-state index in [0.29, 0.717) is 48.4 Å². The zero-order valence-corrected chi connectivity index (χ0v) is 23.2. The van der Waals surface area contributed by atoms with Crippen molar-refractivity contribution in [2.24, 2.45) is 0 Å². The van der Waals surface area contributed by atoms with E-state index in [4.69, 9.17) is 4.74 Å². The fourth-order valence-electron chi connectivity index (χ4n) is 4.43. The number of ether oxygens (including phenoxy) is 1. The maximum Gasteiger partial charge on any atom is 0.305 e. The first-order valence-corrected chi connectivity index (χ1v) is 14.1. The summed E-state index contributed by atoms with van der Waals surface area (Å²) in [6.07, 6.45) is 0.366. The molecule has 0 spiro atoms. The van der Waals surface area contributed by atoms with Crippen LogP contribution in [0.3, 0.4) is 0 Å². The maximum absolute atomic E-state index is 13.9. The van der Waals surface area contributed by atoms with Crippen LogP contribution >= 0.6 is 11.3 Å². The number of carboxylic acid groups (broad SMARTS) is 1. The van der Waals surface area contributed by atoms with Crippen molar-refractivity contribution in [3.8, 4) is 16.9 Å². The molecule has 0 atom stereocenters. The molecule has 0 aliphatic carbocycles. The van der Waals surface area contributed by atoms with Gasteiger partial charge in [-0.2, -0.15) is 0 Å². The number of aliphatic carboxylic acids is 1. The molecule has 0 saturated carbocycles. The van der Waals surface area contributed by atoms with Gasteiger partial charge in [-0.25, -0.2) is 0 Å². The summed E-state index contributed by atoms with van der Waals surface area (Å²) in [6, 6.07) is 25.9. The van der Waals surface area contributed by atoms with Crippen LogP contribution in [-0.2, 0) is 17.8 Å². The zero-order valence-electron chi connectivity index (χ0n) is 22.3. The van der Waals surface area contributed by atoms with Gasteiger partial charge in [0.1, 0.15) is 5.75 Å². The van der Waals surface area contributed by atoms with Crippen LogP contribution in [0.5, 0.6) is 5.75 Å². The van der Waals surface area contributed by atoms with Crippen molar-refractivity contribution in [2.45, 2.75) is 26.3 Å². The van der Waals surface area contributed by atoms with Gasteiger partial charge in [0.2, 0.25) is 0 Å². The fraction of sp³-hybridized carbons (Fsp3) is 0.219. The summed E-state index contributed by atoms with van der Waals surface area (Å²) in [5.74, 6) is -0.741. The van der Waals surface area contributed by atoms with Crippen LogP contribution in [0.15, 0.2) is 90.3 Å². The van der Waals surface area contributed by atoms with E-state index in [-0.39, 0.29) is 24.8 Å². The molecule has 4 rings (SSSR count). The number of hydrogen-bond donors (Lipinski definition) is 2. The van der Waals surface area contributed by atoms with E-state index in [9.17, 15) is 19.5 Å². The summed E-state index contributed by atoms with van der Waals surface area (Å²) < 4.78 is 5.59.